The molecule has 5 rings (SSSR count). The van der Waals surface area contributed by atoms with Gasteiger partial charge in [0, 0.05) is 67.2 Å². The van der Waals surface area contributed by atoms with Crippen molar-refractivity contribution < 1.29 is 23.5 Å². The number of nitrogen functional groups attached to an aromatic ring is 1. The number of hydrogen-bond acceptors (Lipinski definition) is 9. The summed E-state index contributed by atoms with van der Waals surface area (Å²) >= 11 is 0. The maximum Gasteiger partial charge on any atom is 0.338 e. The Hall–Kier alpha value is -5.16. The van der Waals surface area contributed by atoms with Gasteiger partial charge in [-0.3, -0.25) is 14.6 Å². The molecule has 0 aliphatic carbocycles. The number of pyridine rings is 2. The average Bonchev–Trinajstić information content (AvgIpc) is 3.01. The lowest BCUT2D eigenvalue weighted by molar-refractivity contribution is 0.0255. The summed E-state index contributed by atoms with van der Waals surface area (Å²) in [6, 6.07) is 17.2. The number of ether oxygens (including phenoxy) is 1. The first-order valence-electron chi connectivity index (χ1n) is 13.7. The molecule has 220 valence electrons. The van der Waals surface area contributed by atoms with Gasteiger partial charge in [-0.25, -0.2) is 14.2 Å². The van der Waals surface area contributed by atoms with E-state index in [0.29, 0.717) is 30.6 Å². The number of nitrogens with two attached hydrogens (primary N) is 2. The van der Waals surface area contributed by atoms with Crippen molar-refractivity contribution >= 4 is 29.0 Å². The Morgan fingerprint density at radius 2 is 1.84 bits per heavy atom. The number of benzene rings is 2. The molecule has 0 saturated carbocycles. The lowest BCUT2D eigenvalue weighted by Crippen LogP contribution is -2.51. The lowest BCUT2D eigenvalue weighted by atomic mass is 9.99. The molecular formula is C32H31FN6O4. The number of hydrogen-bond donors (Lipinski definition) is 3. The Balaban J connectivity index is 1.37. The van der Waals surface area contributed by atoms with Gasteiger partial charge in [0.1, 0.15) is 17.6 Å². The van der Waals surface area contributed by atoms with Crippen LogP contribution in [0.25, 0.3) is 11.3 Å². The van der Waals surface area contributed by atoms with E-state index < -0.39 is 23.7 Å². The zero-order valence-corrected chi connectivity index (χ0v) is 23.5. The van der Waals surface area contributed by atoms with Gasteiger partial charge < -0.3 is 26.4 Å². The number of amides is 1. The van der Waals surface area contributed by atoms with Crippen molar-refractivity contribution in [3.05, 3.63) is 107 Å². The smallest absolute Gasteiger partial charge is 0.338 e. The third kappa shape index (κ3) is 6.68. The summed E-state index contributed by atoms with van der Waals surface area (Å²) in [6.07, 6.45) is 3.15. The van der Waals surface area contributed by atoms with E-state index in [1.807, 2.05) is 11.0 Å². The van der Waals surface area contributed by atoms with Crippen LogP contribution in [0, 0.1) is 5.82 Å². The molecule has 0 unspecified atom stereocenters. The summed E-state index contributed by atoms with van der Waals surface area (Å²) in [5.74, 6) is -1.80. The van der Waals surface area contributed by atoms with Crippen LogP contribution in [0.15, 0.2) is 79.1 Å². The largest absolute Gasteiger partial charge is 0.457 e. The van der Waals surface area contributed by atoms with Gasteiger partial charge in [0.2, 0.25) is 0 Å². The molecule has 2 aromatic heterocycles. The molecule has 11 heteroatoms. The average molecular weight is 583 g/mol. The highest BCUT2D eigenvalue weighted by atomic mass is 19.1. The van der Waals surface area contributed by atoms with Crippen LogP contribution in [-0.2, 0) is 11.2 Å². The van der Waals surface area contributed by atoms with Gasteiger partial charge in [-0.05, 0) is 48.5 Å². The van der Waals surface area contributed by atoms with Crippen molar-refractivity contribution in [3.63, 3.8) is 0 Å². The van der Waals surface area contributed by atoms with Crippen molar-refractivity contribution in [1.29, 1.82) is 0 Å². The van der Waals surface area contributed by atoms with Crippen molar-refractivity contribution in [2.24, 2.45) is 5.73 Å². The first-order valence-corrected chi connectivity index (χ1v) is 13.7. The molecule has 10 nitrogen and oxygen atoms in total. The zero-order chi connectivity index (χ0) is 30.5. The number of anilines is 2. The highest BCUT2D eigenvalue weighted by Gasteiger charge is 2.30. The summed E-state index contributed by atoms with van der Waals surface area (Å²) in [7, 11) is 1.48. The van der Waals surface area contributed by atoms with E-state index in [1.54, 1.807) is 42.7 Å². The molecule has 0 radical (unpaired) electrons. The van der Waals surface area contributed by atoms with E-state index in [0.717, 1.165) is 5.69 Å². The van der Waals surface area contributed by atoms with Crippen LogP contribution >= 0.6 is 0 Å². The van der Waals surface area contributed by atoms with E-state index in [9.17, 15) is 18.8 Å². The Morgan fingerprint density at radius 3 is 2.60 bits per heavy atom. The minimum Gasteiger partial charge on any atom is -0.457 e. The van der Waals surface area contributed by atoms with Crippen LogP contribution in [0.3, 0.4) is 0 Å². The van der Waals surface area contributed by atoms with E-state index in [-0.39, 0.29) is 46.6 Å². The van der Waals surface area contributed by atoms with E-state index in [4.69, 9.17) is 16.2 Å². The lowest BCUT2D eigenvalue weighted by Gasteiger charge is -2.38. The van der Waals surface area contributed by atoms with Gasteiger partial charge in [-0.2, -0.15) is 0 Å². The number of piperidine rings is 1. The number of nitrogens with one attached hydrogen (secondary N) is 1. The molecule has 0 spiro atoms. The molecule has 0 bridgehead atoms. The summed E-state index contributed by atoms with van der Waals surface area (Å²) in [5.41, 5.74) is 14.9. The molecule has 1 aliphatic heterocycles. The Bertz CT molecular complexity index is 1670. The summed E-state index contributed by atoms with van der Waals surface area (Å²) in [5, 5.41) is 2.50. The monoisotopic (exact) mass is 582 g/mol. The quantitative estimate of drug-likeness (QED) is 0.209. The molecule has 1 aliphatic rings. The summed E-state index contributed by atoms with van der Waals surface area (Å²) in [6.45, 7) is 0.871. The van der Waals surface area contributed by atoms with Gasteiger partial charge in [-0.15, -0.1) is 0 Å². The number of halogens is 1. The highest BCUT2D eigenvalue weighted by Crippen LogP contribution is 2.28. The van der Waals surface area contributed by atoms with Gasteiger partial charge in [0.05, 0.1) is 23.5 Å². The molecule has 2 aromatic carbocycles. The van der Waals surface area contributed by atoms with Gasteiger partial charge in [-0.1, -0.05) is 18.2 Å². The van der Waals surface area contributed by atoms with Crippen molar-refractivity contribution in [3.8, 4) is 11.3 Å². The highest BCUT2D eigenvalue weighted by molar-refractivity contribution is 6.01. The number of esters is 1. The molecule has 1 amide bonds. The normalized spacial score (nSPS) is 16.4. The second kappa shape index (κ2) is 12.8. The SMILES string of the molecule is CNC(=O)c1ccc(F)c(-c2ccc(N)c(C(=O)Cc3cnccc3N3C[C@@H](N)C[C@H](OC(=O)c4ccccc4)C3)n2)c1. The van der Waals surface area contributed by atoms with E-state index in [1.165, 1.54) is 37.4 Å². The Morgan fingerprint density at radius 1 is 1.05 bits per heavy atom. The van der Waals surface area contributed by atoms with Crippen LogP contribution in [0.2, 0.25) is 0 Å². The number of aromatic nitrogens is 2. The van der Waals surface area contributed by atoms with E-state index in [2.05, 4.69) is 15.3 Å². The van der Waals surface area contributed by atoms with Crippen molar-refractivity contribution in [1.82, 2.24) is 15.3 Å². The molecule has 4 aromatic rings. The number of carbonyl (C=O) groups excluding carboxylic acids is 3. The predicted molar refractivity (Wildman–Crippen MR) is 160 cm³/mol. The summed E-state index contributed by atoms with van der Waals surface area (Å²) in [4.78, 5) is 48.9. The van der Waals surface area contributed by atoms with E-state index >= 15 is 0 Å². The van der Waals surface area contributed by atoms with Gasteiger partial charge >= 0.3 is 5.97 Å². The van der Waals surface area contributed by atoms with Crippen molar-refractivity contribution in [2.45, 2.75) is 25.0 Å². The van der Waals surface area contributed by atoms with Crippen LogP contribution in [-0.4, -0.2) is 59.9 Å². The topological polar surface area (TPSA) is 154 Å². The van der Waals surface area contributed by atoms with Gasteiger partial charge in [0.25, 0.3) is 5.91 Å². The van der Waals surface area contributed by atoms with Crippen LogP contribution in [0.1, 0.15) is 43.2 Å². The van der Waals surface area contributed by atoms with Gasteiger partial charge in [0.15, 0.2) is 5.78 Å². The molecule has 1 fully saturated rings. The summed E-state index contributed by atoms with van der Waals surface area (Å²) < 4.78 is 20.5. The molecule has 1 saturated heterocycles. The predicted octanol–water partition coefficient (Wildman–Crippen LogP) is 3.41. The van der Waals surface area contributed by atoms with Crippen LogP contribution < -0.4 is 21.7 Å². The number of nitrogens with zero attached hydrogens (tertiary/aromatic N) is 3. The molecule has 2 atom stereocenters. The molecular weight excluding hydrogens is 551 g/mol. The number of carbonyl (C=O) groups is 3. The maximum absolute atomic E-state index is 14.8. The molecule has 5 N–H and O–H groups in total. The van der Waals surface area contributed by atoms with Crippen LogP contribution in [0.4, 0.5) is 15.8 Å². The fourth-order valence-electron chi connectivity index (χ4n) is 5.14. The second-order valence-corrected chi connectivity index (χ2v) is 10.3. The fourth-order valence-corrected chi connectivity index (χ4v) is 5.14. The number of Topliss-reactive ketones (excluding diaryl/α,β-unsaturated/α-hetero) is 1. The third-order valence-electron chi connectivity index (χ3n) is 7.22. The zero-order valence-electron chi connectivity index (χ0n) is 23.5. The van der Waals surface area contributed by atoms with Crippen LogP contribution in [0.5, 0.6) is 0 Å². The number of rotatable bonds is 8. The first kappa shape index (κ1) is 29.3. The third-order valence-corrected chi connectivity index (χ3v) is 7.22. The van der Waals surface area contributed by atoms with Crippen molar-refractivity contribution in [2.75, 3.05) is 30.8 Å². The maximum atomic E-state index is 14.8. The molecule has 3 heterocycles. The number of ketones is 1. The standard InChI is InChI=1S/C32H31FN6O4/c1-36-31(41)20-7-8-25(33)24(13-20)27-10-9-26(35)30(38-27)29(40)14-21-16-37-12-11-28(21)39-17-22(34)15-23(18-39)43-32(42)19-5-3-2-4-6-19/h2-13,16,22-23H,14-15,17-18,34-35H2,1H3,(H,36,41)/t22-,23-/m0/s1. The molecule has 43 heavy (non-hydrogen) atoms. The minimum absolute atomic E-state index is 0.0259. The second-order valence-electron chi connectivity index (χ2n) is 10.3. The Kier molecular flexibility index (Phi) is 8.72. The first-order chi connectivity index (χ1) is 20.7. The minimum atomic E-state index is -0.596. The Labute approximate surface area is 247 Å². The fraction of sp³-hybridized carbons (Fsp3) is 0.219.